The summed E-state index contributed by atoms with van der Waals surface area (Å²) in [5.74, 6) is 0. The molecule has 1 heteroatoms. The molecule has 0 saturated heterocycles. The molecule has 13 rings (SSSR count). The van der Waals surface area contributed by atoms with Crippen LogP contribution in [0.3, 0.4) is 0 Å². The minimum absolute atomic E-state index is 0.915. The average molecular weight is 669 g/mol. The van der Waals surface area contributed by atoms with Crippen LogP contribution in [0.15, 0.2) is 174 Å². The Morgan fingerprint density at radius 1 is 0.245 bits per heavy atom. The Bertz CT molecular complexity index is 3640. The molecule has 0 N–H and O–H groups in total. The van der Waals surface area contributed by atoms with Crippen LogP contribution in [0.25, 0.3) is 130 Å². The van der Waals surface area contributed by atoms with Crippen LogP contribution in [0.2, 0.25) is 0 Å². The first-order chi connectivity index (χ1) is 26.3. The molecule has 1 aromatic heterocycles. The monoisotopic (exact) mass is 668 g/mol. The van der Waals surface area contributed by atoms with E-state index in [1.807, 2.05) is 0 Å². The minimum atomic E-state index is 0.915. The molecule has 0 atom stereocenters. The van der Waals surface area contributed by atoms with E-state index in [9.17, 15) is 0 Å². The predicted molar refractivity (Wildman–Crippen MR) is 227 cm³/mol. The second kappa shape index (κ2) is 9.88. The summed E-state index contributed by atoms with van der Waals surface area (Å²) in [5, 5.41) is 22.7. The maximum absolute atomic E-state index is 7.04. The summed E-state index contributed by atoms with van der Waals surface area (Å²) >= 11 is 0. The fourth-order valence-electron chi connectivity index (χ4n) is 9.84. The summed E-state index contributed by atoms with van der Waals surface area (Å²) in [6.07, 6.45) is 0. The lowest BCUT2D eigenvalue weighted by molar-refractivity contribution is 0.670. The Labute approximate surface area is 303 Å². The summed E-state index contributed by atoms with van der Waals surface area (Å²) in [5.41, 5.74) is 6.65. The second-order valence-corrected chi connectivity index (χ2v) is 14.7. The first-order valence-corrected chi connectivity index (χ1v) is 18.4. The number of benzene rings is 12. The molecule has 0 spiro atoms. The van der Waals surface area contributed by atoms with Gasteiger partial charge >= 0.3 is 0 Å². The van der Waals surface area contributed by atoms with E-state index in [2.05, 4.69) is 170 Å². The van der Waals surface area contributed by atoms with Crippen molar-refractivity contribution in [3.8, 4) is 22.3 Å². The van der Waals surface area contributed by atoms with Crippen LogP contribution in [0.1, 0.15) is 0 Å². The van der Waals surface area contributed by atoms with Crippen LogP contribution in [-0.2, 0) is 0 Å². The van der Waals surface area contributed by atoms with Gasteiger partial charge in [-0.1, -0.05) is 158 Å². The molecule has 0 aliphatic carbocycles. The summed E-state index contributed by atoms with van der Waals surface area (Å²) in [7, 11) is 0. The molecule has 0 bridgehead atoms. The number of fused-ring (bicyclic) bond motifs is 7. The molecule has 13 aromatic rings. The van der Waals surface area contributed by atoms with E-state index in [4.69, 9.17) is 4.42 Å². The predicted octanol–water partition coefficient (Wildman–Crippen LogP) is 15.0. The van der Waals surface area contributed by atoms with Gasteiger partial charge in [-0.2, -0.15) is 0 Å². The van der Waals surface area contributed by atoms with E-state index >= 15 is 0 Å². The second-order valence-electron chi connectivity index (χ2n) is 14.7. The highest BCUT2D eigenvalue weighted by Gasteiger charge is 2.23. The van der Waals surface area contributed by atoms with Gasteiger partial charge < -0.3 is 4.42 Å². The molecule has 0 unspecified atom stereocenters. The molecule has 12 aromatic carbocycles. The van der Waals surface area contributed by atoms with Crippen molar-refractivity contribution in [2.45, 2.75) is 0 Å². The molecule has 1 heterocycles. The normalized spacial score (nSPS) is 12.5. The van der Waals surface area contributed by atoms with E-state index in [0.29, 0.717) is 0 Å². The van der Waals surface area contributed by atoms with E-state index in [1.54, 1.807) is 0 Å². The maximum atomic E-state index is 7.04. The summed E-state index contributed by atoms with van der Waals surface area (Å²) in [4.78, 5) is 0. The summed E-state index contributed by atoms with van der Waals surface area (Å²) < 4.78 is 7.04. The number of hydrogen-bond acceptors (Lipinski definition) is 1. The highest BCUT2D eigenvalue weighted by atomic mass is 16.3. The van der Waals surface area contributed by atoms with Crippen LogP contribution >= 0.6 is 0 Å². The van der Waals surface area contributed by atoms with Gasteiger partial charge in [0.2, 0.25) is 0 Å². The fraction of sp³-hybridized carbons (Fsp3) is 0. The van der Waals surface area contributed by atoms with Gasteiger partial charge in [0.05, 0.1) is 0 Å². The number of hydrogen-bond donors (Lipinski definition) is 0. The van der Waals surface area contributed by atoms with E-state index in [0.717, 1.165) is 16.7 Å². The van der Waals surface area contributed by atoms with Crippen molar-refractivity contribution in [3.05, 3.63) is 170 Å². The molecule has 0 fully saturated rings. The van der Waals surface area contributed by atoms with Crippen LogP contribution in [-0.4, -0.2) is 0 Å². The topological polar surface area (TPSA) is 13.1 Å². The molecular formula is C52H28O. The standard InChI is InChI=1S/C52H28O/c1-2-11-36-29(6-1)22-27-45-50(36)51-40-13-5-12-37(38-23-18-34-16-14-30-7-3-9-32-20-25-41(38)48(34)46(30)32)43(40)28-44(52(51)53-45)39-24-19-35-17-15-31-8-4-10-33-21-26-42(39)49(35)47(31)33/h1-28H. The van der Waals surface area contributed by atoms with Gasteiger partial charge in [0.15, 0.2) is 0 Å². The zero-order valence-corrected chi connectivity index (χ0v) is 28.6. The molecule has 0 radical (unpaired) electrons. The molecular weight excluding hydrogens is 641 g/mol. The largest absolute Gasteiger partial charge is 0.455 e. The Morgan fingerprint density at radius 3 is 1.38 bits per heavy atom. The third-order valence-corrected chi connectivity index (χ3v) is 12.1. The first kappa shape index (κ1) is 27.7. The van der Waals surface area contributed by atoms with Crippen molar-refractivity contribution in [3.63, 3.8) is 0 Å². The van der Waals surface area contributed by atoms with Gasteiger partial charge in [0.1, 0.15) is 11.2 Å². The highest BCUT2D eigenvalue weighted by molar-refractivity contribution is 6.33. The Balaban J connectivity index is 1.22. The maximum Gasteiger partial charge on any atom is 0.143 e. The molecule has 0 saturated carbocycles. The van der Waals surface area contributed by atoms with Crippen molar-refractivity contribution in [1.82, 2.24) is 0 Å². The first-order valence-electron chi connectivity index (χ1n) is 18.4. The zero-order chi connectivity index (χ0) is 34.4. The van der Waals surface area contributed by atoms with Crippen molar-refractivity contribution in [1.29, 1.82) is 0 Å². The van der Waals surface area contributed by atoms with Gasteiger partial charge in [0, 0.05) is 16.3 Å². The molecule has 242 valence electrons. The molecule has 0 aliphatic rings. The third kappa shape index (κ3) is 3.56. The lowest BCUT2D eigenvalue weighted by atomic mass is 9.85. The lowest BCUT2D eigenvalue weighted by Gasteiger charge is -2.17. The van der Waals surface area contributed by atoms with Crippen LogP contribution in [0.4, 0.5) is 0 Å². The Kier molecular flexibility index (Phi) is 5.17. The fourth-order valence-corrected chi connectivity index (χ4v) is 9.84. The van der Waals surface area contributed by atoms with E-state index in [-0.39, 0.29) is 0 Å². The van der Waals surface area contributed by atoms with Gasteiger partial charge in [-0.05, 0) is 115 Å². The zero-order valence-electron chi connectivity index (χ0n) is 28.6. The Morgan fingerprint density at radius 2 is 0.717 bits per heavy atom. The van der Waals surface area contributed by atoms with Gasteiger partial charge in [-0.25, -0.2) is 0 Å². The molecule has 53 heavy (non-hydrogen) atoms. The van der Waals surface area contributed by atoms with Crippen molar-refractivity contribution in [2.24, 2.45) is 0 Å². The molecule has 0 amide bonds. The Hall–Kier alpha value is -6.96. The van der Waals surface area contributed by atoms with Gasteiger partial charge in [-0.15, -0.1) is 0 Å². The summed E-state index contributed by atoms with van der Waals surface area (Å²) in [6.45, 7) is 0. The SMILES string of the molecule is c1ccc2c(c1)ccc1oc3c(-c4ccc5ccc6cccc7ccc4c5c67)cc4c(-c5ccc6ccc7cccc8ccc5c6c78)cccc4c3c12. The smallest absolute Gasteiger partial charge is 0.143 e. The van der Waals surface area contributed by atoms with Crippen LogP contribution in [0.5, 0.6) is 0 Å². The van der Waals surface area contributed by atoms with Gasteiger partial charge in [-0.3, -0.25) is 0 Å². The number of rotatable bonds is 2. The van der Waals surface area contributed by atoms with Crippen LogP contribution < -0.4 is 0 Å². The van der Waals surface area contributed by atoms with Crippen molar-refractivity contribution in [2.75, 3.05) is 0 Å². The van der Waals surface area contributed by atoms with Crippen LogP contribution in [0, 0.1) is 0 Å². The third-order valence-electron chi connectivity index (χ3n) is 12.1. The van der Waals surface area contributed by atoms with E-state index < -0.39 is 0 Å². The number of furan rings is 1. The molecule has 1 nitrogen and oxygen atoms in total. The quantitative estimate of drug-likeness (QED) is 0.167. The van der Waals surface area contributed by atoms with Crippen molar-refractivity contribution < 1.29 is 4.42 Å². The average Bonchev–Trinajstić information content (AvgIpc) is 3.62. The van der Waals surface area contributed by atoms with E-state index in [1.165, 1.54) is 114 Å². The highest BCUT2D eigenvalue weighted by Crippen LogP contribution is 2.49. The van der Waals surface area contributed by atoms with Crippen molar-refractivity contribution >= 4 is 108 Å². The lowest BCUT2D eigenvalue weighted by Crippen LogP contribution is -1.91. The molecule has 0 aliphatic heterocycles. The minimum Gasteiger partial charge on any atom is -0.455 e. The summed E-state index contributed by atoms with van der Waals surface area (Å²) in [6, 6.07) is 63.1. The van der Waals surface area contributed by atoms with Gasteiger partial charge in [0.25, 0.3) is 0 Å².